The Balaban J connectivity index is 1.87. The highest BCUT2D eigenvalue weighted by atomic mass is 16.6. The third-order valence-electron chi connectivity index (χ3n) is 3.38. The maximum absolute atomic E-state index is 12.1. The third kappa shape index (κ3) is 4.03. The smallest absolute Gasteiger partial charge is 0.321 e. The van der Waals surface area contributed by atoms with Crippen molar-refractivity contribution in [2.45, 2.75) is 0 Å². The van der Waals surface area contributed by atoms with Gasteiger partial charge in [0.05, 0.1) is 4.92 Å². The fraction of sp³-hybridized carbons (Fsp3) is 0.357. The van der Waals surface area contributed by atoms with E-state index in [9.17, 15) is 14.9 Å². The van der Waals surface area contributed by atoms with Crippen LogP contribution < -0.4 is 5.32 Å². The summed E-state index contributed by atoms with van der Waals surface area (Å²) in [5.41, 5.74) is 0.560. The standard InChI is InChI=1S/C14H18N4O3/c1-2-7-16-8-10-17(11-9-16)14(19)15-12-3-5-13(6-4-12)18(20)21/h2-6H,1,7-11H2,(H,15,19). The van der Waals surface area contributed by atoms with Crippen molar-refractivity contribution >= 4 is 17.4 Å². The molecule has 0 unspecified atom stereocenters. The van der Waals surface area contributed by atoms with Crippen LogP contribution in [0.4, 0.5) is 16.2 Å². The lowest BCUT2D eigenvalue weighted by Gasteiger charge is -2.34. The molecule has 2 amide bonds. The average molecular weight is 290 g/mol. The molecule has 7 nitrogen and oxygen atoms in total. The van der Waals surface area contributed by atoms with E-state index in [2.05, 4.69) is 16.8 Å². The van der Waals surface area contributed by atoms with E-state index in [1.54, 1.807) is 4.90 Å². The van der Waals surface area contributed by atoms with Gasteiger partial charge in [-0.25, -0.2) is 4.79 Å². The van der Waals surface area contributed by atoms with Gasteiger partial charge in [-0.15, -0.1) is 6.58 Å². The van der Waals surface area contributed by atoms with Gasteiger partial charge in [0.1, 0.15) is 0 Å². The number of nitrogens with zero attached hydrogens (tertiary/aromatic N) is 3. The Morgan fingerprint density at radius 2 is 1.90 bits per heavy atom. The first kappa shape index (κ1) is 15.0. The summed E-state index contributed by atoms with van der Waals surface area (Å²) < 4.78 is 0. The van der Waals surface area contributed by atoms with E-state index in [4.69, 9.17) is 0 Å². The van der Waals surface area contributed by atoms with Crippen molar-refractivity contribution in [3.63, 3.8) is 0 Å². The molecule has 1 saturated heterocycles. The molecular weight excluding hydrogens is 272 g/mol. The lowest BCUT2D eigenvalue weighted by Crippen LogP contribution is -2.49. The maximum atomic E-state index is 12.1. The molecule has 0 atom stereocenters. The molecule has 7 heteroatoms. The highest BCUT2D eigenvalue weighted by molar-refractivity contribution is 5.89. The van der Waals surface area contributed by atoms with Gasteiger partial charge in [-0.3, -0.25) is 15.0 Å². The molecule has 1 aliphatic heterocycles. The second kappa shape index (κ2) is 6.85. The molecule has 1 aliphatic rings. The monoisotopic (exact) mass is 290 g/mol. The molecular formula is C14H18N4O3. The van der Waals surface area contributed by atoms with E-state index in [1.165, 1.54) is 24.3 Å². The predicted octanol–water partition coefficient (Wildman–Crippen LogP) is 1.93. The lowest BCUT2D eigenvalue weighted by molar-refractivity contribution is -0.384. The summed E-state index contributed by atoms with van der Waals surface area (Å²) in [6, 6.07) is 5.63. The fourth-order valence-electron chi connectivity index (χ4n) is 2.19. The minimum atomic E-state index is -0.468. The van der Waals surface area contributed by atoms with Crippen molar-refractivity contribution < 1.29 is 9.72 Å². The van der Waals surface area contributed by atoms with Crippen molar-refractivity contribution in [1.29, 1.82) is 0 Å². The number of amides is 2. The zero-order chi connectivity index (χ0) is 15.2. The number of nitro groups is 1. The number of carbonyl (C=O) groups is 1. The van der Waals surface area contributed by atoms with E-state index in [1.807, 2.05) is 6.08 Å². The van der Waals surface area contributed by atoms with Gasteiger partial charge in [0, 0.05) is 50.5 Å². The number of nitrogens with one attached hydrogen (secondary N) is 1. The Morgan fingerprint density at radius 3 is 2.43 bits per heavy atom. The number of benzene rings is 1. The van der Waals surface area contributed by atoms with Crippen LogP contribution in [0.3, 0.4) is 0 Å². The number of nitro benzene ring substituents is 1. The van der Waals surface area contributed by atoms with E-state index in [0.29, 0.717) is 18.8 Å². The van der Waals surface area contributed by atoms with Crippen molar-refractivity contribution in [2.24, 2.45) is 0 Å². The van der Waals surface area contributed by atoms with Gasteiger partial charge < -0.3 is 10.2 Å². The molecule has 0 saturated carbocycles. The number of non-ortho nitro benzene ring substituents is 1. The summed E-state index contributed by atoms with van der Waals surface area (Å²) in [5, 5.41) is 13.3. The second-order valence-corrected chi connectivity index (χ2v) is 4.81. The SMILES string of the molecule is C=CCN1CCN(C(=O)Nc2ccc([N+](=O)[O-])cc2)CC1. The normalized spacial score (nSPS) is 15.5. The molecule has 1 heterocycles. The number of piperazine rings is 1. The number of urea groups is 1. The second-order valence-electron chi connectivity index (χ2n) is 4.81. The molecule has 21 heavy (non-hydrogen) atoms. The Labute approximate surface area is 123 Å². The molecule has 0 aromatic heterocycles. The van der Waals surface area contributed by atoms with Crippen molar-refractivity contribution in [3.05, 3.63) is 47.0 Å². The zero-order valence-electron chi connectivity index (χ0n) is 11.7. The van der Waals surface area contributed by atoms with Gasteiger partial charge in [-0.05, 0) is 12.1 Å². The van der Waals surface area contributed by atoms with Crippen molar-refractivity contribution in [3.8, 4) is 0 Å². The quantitative estimate of drug-likeness (QED) is 0.522. The summed E-state index contributed by atoms with van der Waals surface area (Å²) in [5.74, 6) is 0. The highest BCUT2D eigenvalue weighted by Crippen LogP contribution is 2.16. The number of hydrogen-bond donors (Lipinski definition) is 1. The molecule has 1 aromatic carbocycles. The molecule has 112 valence electrons. The maximum Gasteiger partial charge on any atom is 0.321 e. The Morgan fingerprint density at radius 1 is 1.29 bits per heavy atom. The fourth-order valence-corrected chi connectivity index (χ4v) is 2.19. The van der Waals surface area contributed by atoms with Crippen LogP contribution in [-0.2, 0) is 0 Å². The van der Waals surface area contributed by atoms with Gasteiger partial charge in [0.15, 0.2) is 0 Å². The van der Waals surface area contributed by atoms with Crippen LogP contribution in [0, 0.1) is 10.1 Å². The summed E-state index contributed by atoms with van der Waals surface area (Å²) in [6.45, 7) is 7.49. The van der Waals surface area contributed by atoms with Gasteiger partial charge in [0.25, 0.3) is 5.69 Å². The minimum absolute atomic E-state index is 0.00559. The van der Waals surface area contributed by atoms with Gasteiger partial charge >= 0.3 is 6.03 Å². The molecule has 0 spiro atoms. The number of rotatable bonds is 4. The number of carbonyl (C=O) groups excluding carboxylic acids is 1. The average Bonchev–Trinajstić information content (AvgIpc) is 2.49. The molecule has 2 rings (SSSR count). The minimum Gasteiger partial charge on any atom is -0.322 e. The first-order valence-electron chi connectivity index (χ1n) is 6.74. The first-order valence-corrected chi connectivity index (χ1v) is 6.74. The van der Waals surface area contributed by atoms with E-state index < -0.39 is 4.92 Å². The van der Waals surface area contributed by atoms with Gasteiger partial charge in [-0.2, -0.15) is 0 Å². The van der Waals surface area contributed by atoms with Crippen LogP contribution >= 0.6 is 0 Å². The summed E-state index contributed by atoms with van der Waals surface area (Å²) in [4.78, 5) is 26.2. The Kier molecular flexibility index (Phi) is 4.89. The largest absolute Gasteiger partial charge is 0.322 e. The molecule has 1 aromatic rings. The third-order valence-corrected chi connectivity index (χ3v) is 3.38. The Bertz CT molecular complexity index is 522. The van der Waals surface area contributed by atoms with E-state index in [-0.39, 0.29) is 11.7 Å². The molecule has 0 bridgehead atoms. The Hall–Kier alpha value is -2.41. The molecule has 0 aliphatic carbocycles. The van der Waals surface area contributed by atoms with Crippen LogP contribution in [0.25, 0.3) is 0 Å². The van der Waals surface area contributed by atoms with Crippen LogP contribution in [-0.4, -0.2) is 53.5 Å². The number of anilines is 1. The first-order chi connectivity index (χ1) is 10.1. The van der Waals surface area contributed by atoms with Crippen molar-refractivity contribution in [2.75, 3.05) is 38.0 Å². The molecule has 1 fully saturated rings. The van der Waals surface area contributed by atoms with E-state index in [0.717, 1.165) is 19.6 Å². The van der Waals surface area contributed by atoms with Gasteiger partial charge in [-0.1, -0.05) is 6.08 Å². The molecule has 1 N–H and O–H groups in total. The summed E-state index contributed by atoms with van der Waals surface area (Å²) in [7, 11) is 0. The topological polar surface area (TPSA) is 78.7 Å². The van der Waals surface area contributed by atoms with Gasteiger partial charge in [0.2, 0.25) is 0 Å². The molecule has 0 radical (unpaired) electrons. The van der Waals surface area contributed by atoms with Crippen LogP contribution in [0.5, 0.6) is 0 Å². The lowest BCUT2D eigenvalue weighted by atomic mass is 10.3. The summed E-state index contributed by atoms with van der Waals surface area (Å²) in [6.07, 6.45) is 1.85. The van der Waals surface area contributed by atoms with Crippen molar-refractivity contribution in [1.82, 2.24) is 9.80 Å². The van der Waals surface area contributed by atoms with E-state index >= 15 is 0 Å². The predicted molar refractivity (Wildman–Crippen MR) is 80.3 cm³/mol. The van der Waals surface area contributed by atoms with Crippen LogP contribution in [0.2, 0.25) is 0 Å². The zero-order valence-corrected chi connectivity index (χ0v) is 11.7. The number of hydrogen-bond acceptors (Lipinski definition) is 4. The highest BCUT2D eigenvalue weighted by Gasteiger charge is 2.20. The summed E-state index contributed by atoms with van der Waals surface area (Å²) >= 11 is 0. The van der Waals surface area contributed by atoms with Crippen LogP contribution in [0.1, 0.15) is 0 Å². The van der Waals surface area contributed by atoms with Crippen LogP contribution in [0.15, 0.2) is 36.9 Å².